The molecule has 3 N–H and O–H groups in total. The van der Waals surface area contributed by atoms with Crippen LogP contribution in [0.4, 0.5) is 0 Å². The summed E-state index contributed by atoms with van der Waals surface area (Å²) in [5.74, 6) is 0.402. The summed E-state index contributed by atoms with van der Waals surface area (Å²) in [6.07, 6.45) is 5.70. The summed E-state index contributed by atoms with van der Waals surface area (Å²) in [5, 5.41) is 15.9. The summed E-state index contributed by atoms with van der Waals surface area (Å²) < 4.78 is 0. The standard InChI is InChI=1S/C12H22N2O2/c15-11-5-1-3-9(11)8-14-12(16)7-10-4-2-6-13-10/h9-11,13,15H,1-8H2,(H,14,16). The van der Waals surface area contributed by atoms with Crippen LogP contribution in [0.5, 0.6) is 0 Å². The predicted octanol–water partition coefficient (Wildman–Crippen LogP) is 0.406. The summed E-state index contributed by atoms with van der Waals surface area (Å²) in [4.78, 5) is 11.6. The second-order valence-electron chi connectivity index (χ2n) is 5.06. The van der Waals surface area contributed by atoms with Crippen LogP contribution in [0.2, 0.25) is 0 Å². The summed E-state index contributed by atoms with van der Waals surface area (Å²) in [5.41, 5.74) is 0. The number of rotatable bonds is 4. The van der Waals surface area contributed by atoms with Gasteiger partial charge in [0.1, 0.15) is 0 Å². The van der Waals surface area contributed by atoms with E-state index in [4.69, 9.17) is 0 Å². The van der Waals surface area contributed by atoms with Gasteiger partial charge in [-0.05, 0) is 32.2 Å². The molecular formula is C12H22N2O2. The highest BCUT2D eigenvalue weighted by Gasteiger charge is 2.25. The Balaban J connectivity index is 1.63. The molecule has 0 bridgehead atoms. The van der Waals surface area contributed by atoms with Gasteiger partial charge in [-0.2, -0.15) is 0 Å². The quantitative estimate of drug-likeness (QED) is 0.650. The minimum atomic E-state index is -0.204. The van der Waals surface area contributed by atoms with E-state index in [2.05, 4.69) is 10.6 Å². The van der Waals surface area contributed by atoms with Gasteiger partial charge in [0, 0.05) is 24.9 Å². The fourth-order valence-corrected chi connectivity index (χ4v) is 2.73. The molecule has 0 aromatic rings. The maximum absolute atomic E-state index is 11.6. The van der Waals surface area contributed by atoms with Crippen LogP contribution in [0.1, 0.15) is 38.5 Å². The first-order valence-corrected chi connectivity index (χ1v) is 6.44. The molecule has 1 heterocycles. The van der Waals surface area contributed by atoms with E-state index < -0.39 is 0 Å². The van der Waals surface area contributed by atoms with E-state index in [1.165, 1.54) is 6.42 Å². The Labute approximate surface area is 96.8 Å². The lowest BCUT2D eigenvalue weighted by Gasteiger charge is -2.16. The summed E-state index contributed by atoms with van der Waals surface area (Å²) in [6, 6.07) is 0.369. The van der Waals surface area contributed by atoms with Crippen molar-refractivity contribution in [3.63, 3.8) is 0 Å². The van der Waals surface area contributed by atoms with Gasteiger partial charge in [-0.15, -0.1) is 0 Å². The van der Waals surface area contributed by atoms with Gasteiger partial charge in [-0.1, -0.05) is 6.42 Å². The van der Waals surface area contributed by atoms with Crippen LogP contribution in [0.3, 0.4) is 0 Å². The number of hydrogen-bond donors (Lipinski definition) is 3. The molecule has 16 heavy (non-hydrogen) atoms. The highest BCUT2D eigenvalue weighted by Crippen LogP contribution is 2.24. The third-order valence-corrected chi connectivity index (χ3v) is 3.77. The van der Waals surface area contributed by atoms with Crippen LogP contribution < -0.4 is 10.6 Å². The van der Waals surface area contributed by atoms with Crippen LogP contribution in [-0.2, 0) is 4.79 Å². The smallest absolute Gasteiger partial charge is 0.221 e. The van der Waals surface area contributed by atoms with E-state index >= 15 is 0 Å². The van der Waals surface area contributed by atoms with E-state index in [9.17, 15) is 9.90 Å². The zero-order chi connectivity index (χ0) is 11.4. The van der Waals surface area contributed by atoms with Gasteiger partial charge in [0.2, 0.25) is 5.91 Å². The van der Waals surface area contributed by atoms with Crippen molar-refractivity contribution in [1.29, 1.82) is 0 Å². The Morgan fingerprint density at radius 3 is 2.81 bits per heavy atom. The van der Waals surface area contributed by atoms with Crippen molar-refractivity contribution in [3.8, 4) is 0 Å². The molecule has 0 spiro atoms. The van der Waals surface area contributed by atoms with Crippen molar-refractivity contribution in [1.82, 2.24) is 10.6 Å². The fraction of sp³-hybridized carbons (Fsp3) is 0.917. The molecule has 2 fully saturated rings. The second-order valence-corrected chi connectivity index (χ2v) is 5.06. The van der Waals surface area contributed by atoms with Crippen LogP contribution in [0.15, 0.2) is 0 Å². The number of carbonyl (C=O) groups is 1. The largest absolute Gasteiger partial charge is 0.393 e. The summed E-state index contributed by atoms with van der Waals surface area (Å²) in [6.45, 7) is 1.69. The van der Waals surface area contributed by atoms with Crippen molar-refractivity contribution in [2.75, 3.05) is 13.1 Å². The molecule has 2 rings (SSSR count). The number of carbonyl (C=O) groups excluding carboxylic acids is 1. The lowest BCUT2D eigenvalue weighted by Crippen LogP contribution is -2.36. The molecule has 0 radical (unpaired) electrons. The van der Waals surface area contributed by atoms with Gasteiger partial charge in [-0.3, -0.25) is 4.79 Å². The van der Waals surface area contributed by atoms with Crippen LogP contribution in [-0.4, -0.2) is 36.2 Å². The molecule has 0 aromatic carbocycles. The average Bonchev–Trinajstić information content (AvgIpc) is 2.87. The number of aliphatic hydroxyl groups is 1. The average molecular weight is 226 g/mol. The first kappa shape index (κ1) is 11.9. The molecule has 3 atom stereocenters. The van der Waals surface area contributed by atoms with Gasteiger partial charge in [0.15, 0.2) is 0 Å². The molecule has 1 aliphatic carbocycles. The van der Waals surface area contributed by atoms with Crippen LogP contribution in [0.25, 0.3) is 0 Å². The molecule has 4 nitrogen and oxygen atoms in total. The first-order valence-electron chi connectivity index (χ1n) is 6.44. The molecular weight excluding hydrogens is 204 g/mol. The number of aliphatic hydroxyl groups excluding tert-OH is 1. The van der Waals surface area contributed by atoms with Crippen molar-refractivity contribution >= 4 is 5.91 Å². The maximum atomic E-state index is 11.6. The Morgan fingerprint density at radius 2 is 2.19 bits per heavy atom. The molecule has 1 aliphatic heterocycles. The Morgan fingerprint density at radius 1 is 1.31 bits per heavy atom. The van der Waals surface area contributed by atoms with Gasteiger partial charge < -0.3 is 15.7 Å². The minimum Gasteiger partial charge on any atom is -0.393 e. The zero-order valence-corrected chi connectivity index (χ0v) is 9.74. The third kappa shape index (κ3) is 3.19. The first-order chi connectivity index (χ1) is 7.75. The topological polar surface area (TPSA) is 61.4 Å². The lowest BCUT2D eigenvalue weighted by atomic mass is 10.1. The molecule has 92 valence electrons. The number of nitrogens with one attached hydrogen (secondary N) is 2. The molecule has 0 aromatic heterocycles. The third-order valence-electron chi connectivity index (χ3n) is 3.77. The Bertz CT molecular complexity index is 239. The van der Waals surface area contributed by atoms with Crippen molar-refractivity contribution in [2.45, 2.75) is 50.7 Å². The molecule has 2 aliphatic rings. The molecule has 1 saturated heterocycles. The molecule has 1 amide bonds. The molecule has 4 heteroatoms. The monoisotopic (exact) mass is 226 g/mol. The van der Waals surface area contributed by atoms with E-state index in [0.717, 1.165) is 32.2 Å². The van der Waals surface area contributed by atoms with Gasteiger partial charge >= 0.3 is 0 Å². The summed E-state index contributed by atoms with van der Waals surface area (Å²) in [7, 11) is 0. The normalized spacial score (nSPS) is 34.2. The predicted molar refractivity (Wildman–Crippen MR) is 62.0 cm³/mol. The van der Waals surface area contributed by atoms with E-state index in [-0.39, 0.29) is 17.9 Å². The fourth-order valence-electron chi connectivity index (χ4n) is 2.73. The SMILES string of the molecule is O=C(CC1CCCN1)NCC1CCCC1O. The Hall–Kier alpha value is -0.610. The van der Waals surface area contributed by atoms with Crippen molar-refractivity contribution < 1.29 is 9.90 Å². The van der Waals surface area contributed by atoms with Crippen molar-refractivity contribution in [2.24, 2.45) is 5.92 Å². The molecule has 3 unspecified atom stereocenters. The van der Waals surface area contributed by atoms with Gasteiger partial charge in [-0.25, -0.2) is 0 Å². The summed E-state index contributed by atoms with van der Waals surface area (Å²) >= 11 is 0. The lowest BCUT2D eigenvalue weighted by molar-refractivity contribution is -0.121. The molecule has 1 saturated carbocycles. The minimum absolute atomic E-state index is 0.124. The second kappa shape index (κ2) is 5.64. The number of amides is 1. The zero-order valence-electron chi connectivity index (χ0n) is 9.74. The van der Waals surface area contributed by atoms with Crippen LogP contribution >= 0.6 is 0 Å². The highest BCUT2D eigenvalue weighted by molar-refractivity contribution is 5.76. The van der Waals surface area contributed by atoms with Gasteiger partial charge in [0.05, 0.1) is 6.10 Å². The van der Waals surface area contributed by atoms with Crippen molar-refractivity contribution in [3.05, 3.63) is 0 Å². The maximum Gasteiger partial charge on any atom is 0.221 e. The van der Waals surface area contributed by atoms with E-state index in [0.29, 0.717) is 19.0 Å². The Kier molecular flexibility index (Phi) is 4.18. The number of hydrogen-bond acceptors (Lipinski definition) is 3. The van der Waals surface area contributed by atoms with Crippen LogP contribution in [0, 0.1) is 5.92 Å². The highest BCUT2D eigenvalue weighted by atomic mass is 16.3. The van der Waals surface area contributed by atoms with Gasteiger partial charge in [0.25, 0.3) is 0 Å². The van der Waals surface area contributed by atoms with E-state index in [1.54, 1.807) is 0 Å². The van der Waals surface area contributed by atoms with E-state index in [1.807, 2.05) is 0 Å².